The molecule has 8 heteroatoms. The molecule has 2 fully saturated rings. The number of ether oxygens (including phenoxy) is 1. The summed E-state index contributed by atoms with van der Waals surface area (Å²) in [7, 11) is 0. The molecule has 0 spiro atoms. The molecule has 3 aromatic rings. The van der Waals surface area contributed by atoms with Gasteiger partial charge in [-0.05, 0) is 49.4 Å². The van der Waals surface area contributed by atoms with E-state index in [4.69, 9.17) is 21.3 Å². The maximum Gasteiger partial charge on any atom is 0.262 e. The zero-order chi connectivity index (χ0) is 22.8. The summed E-state index contributed by atoms with van der Waals surface area (Å²) in [6, 6.07) is 14.9. The number of thioether (sulfide) groups is 1. The van der Waals surface area contributed by atoms with Crippen molar-refractivity contribution in [2.45, 2.75) is 48.7 Å². The molecule has 0 unspecified atom stereocenters. The quantitative estimate of drug-likeness (QED) is 0.376. The SMILES string of the molecule is O=C([C@@H](Sc1nc2cc(Cl)ccc2c(=O)n1C[C@@H]1CCCO1)c1ccccc1)N1CCCC1. The van der Waals surface area contributed by atoms with Gasteiger partial charge in [0.05, 0.1) is 23.6 Å². The zero-order valence-corrected chi connectivity index (χ0v) is 19.9. The minimum absolute atomic E-state index is 0.0296. The van der Waals surface area contributed by atoms with Crippen LogP contribution in [0, 0.1) is 0 Å². The van der Waals surface area contributed by atoms with Crippen molar-refractivity contribution in [3.63, 3.8) is 0 Å². The summed E-state index contributed by atoms with van der Waals surface area (Å²) in [5.74, 6) is 0.0628. The van der Waals surface area contributed by atoms with Crippen molar-refractivity contribution in [1.29, 1.82) is 0 Å². The number of rotatable bonds is 6. The summed E-state index contributed by atoms with van der Waals surface area (Å²) in [6.45, 7) is 2.67. The van der Waals surface area contributed by atoms with Crippen molar-refractivity contribution in [3.05, 3.63) is 69.5 Å². The first-order chi connectivity index (χ1) is 16.1. The van der Waals surface area contributed by atoms with Crippen molar-refractivity contribution in [3.8, 4) is 0 Å². The van der Waals surface area contributed by atoms with Gasteiger partial charge < -0.3 is 9.64 Å². The van der Waals surface area contributed by atoms with Crippen molar-refractivity contribution < 1.29 is 9.53 Å². The summed E-state index contributed by atoms with van der Waals surface area (Å²) < 4.78 is 7.51. The van der Waals surface area contributed by atoms with Crippen molar-refractivity contribution in [1.82, 2.24) is 14.5 Å². The summed E-state index contributed by atoms with van der Waals surface area (Å²) in [5.41, 5.74) is 1.32. The summed E-state index contributed by atoms with van der Waals surface area (Å²) in [4.78, 5) is 33.8. The molecule has 1 amide bonds. The number of carbonyl (C=O) groups excluding carboxylic acids is 1. The minimum Gasteiger partial charge on any atom is -0.376 e. The average Bonchev–Trinajstić information content (AvgIpc) is 3.54. The third-order valence-electron chi connectivity index (χ3n) is 6.26. The van der Waals surface area contributed by atoms with Gasteiger partial charge in [0.1, 0.15) is 5.25 Å². The lowest BCUT2D eigenvalue weighted by atomic mass is 10.1. The number of fused-ring (bicyclic) bond motifs is 1. The van der Waals surface area contributed by atoms with Crippen molar-refractivity contribution >= 4 is 40.2 Å². The van der Waals surface area contributed by atoms with E-state index in [0.717, 1.165) is 44.3 Å². The van der Waals surface area contributed by atoms with Crippen LogP contribution in [-0.4, -0.2) is 46.2 Å². The normalized spacial score (nSPS) is 19.3. The number of nitrogens with zero attached hydrogens (tertiary/aromatic N) is 3. The first-order valence-corrected chi connectivity index (χ1v) is 12.7. The molecule has 172 valence electrons. The monoisotopic (exact) mass is 483 g/mol. The molecule has 0 bridgehead atoms. The first kappa shape index (κ1) is 22.4. The Hall–Kier alpha value is -2.35. The molecule has 5 rings (SSSR count). The molecular formula is C25H26ClN3O3S. The van der Waals surface area contributed by atoms with Gasteiger partial charge in [0.2, 0.25) is 5.91 Å². The van der Waals surface area contributed by atoms with Gasteiger partial charge in [-0.1, -0.05) is 53.7 Å². The van der Waals surface area contributed by atoms with Crippen LogP contribution in [0.5, 0.6) is 0 Å². The Labute approximate surface area is 201 Å². The molecular weight excluding hydrogens is 458 g/mol. The largest absolute Gasteiger partial charge is 0.376 e. The summed E-state index contributed by atoms with van der Waals surface area (Å²) in [6.07, 6.45) is 3.91. The van der Waals surface area contributed by atoms with Crippen LogP contribution in [0.4, 0.5) is 0 Å². The second kappa shape index (κ2) is 9.87. The van der Waals surface area contributed by atoms with E-state index in [1.807, 2.05) is 35.2 Å². The van der Waals surface area contributed by atoms with Gasteiger partial charge in [0, 0.05) is 24.7 Å². The Balaban J connectivity index is 1.59. The zero-order valence-electron chi connectivity index (χ0n) is 18.3. The van der Waals surface area contributed by atoms with E-state index in [9.17, 15) is 9.59 Å². The van der Waals surface area contributed by atoms with Gasteiger partial charge in [-0.25, -0.2) is 4.98 Å². The van der Waals surface area contributed by atoms with Gasteiger partial charge in [-0.2, -0.15) is 0 Å². The maximum absolute atomic E-state index is 13.6. The Kier molecular flexibility index (Phi) is 6.71. The molecule has 0 radical (unpaired) electrons. The third kappa shape index (κ3) is 4.81. The molecule has 2 aliphatic heterocycles. The molecule has 1 aromatic heterocycles. The maximum atomic E-state index is 13.6. The van der Waals surface area contributed by atoms with Gasteiger partial charge in [-0.15, -0.1) is 0 Å². The highest BCUT2D eigenvalue weighted by molar-refractivity contribution is 8.00. The molecule has 33 heavy (non-hydrogen) atoms. The second-order valence-electron chi connectivity index (χ2n) is 8.55. The molecule has 2 aromatic carbocycles. The van der Waals surface area contributed by atoms with E-state index >= 15 is 0 Å². The minimum atomic E-state index is -0.483. The highest BCUT2D eigenvalue weighted by Gasteiger charge is 2.31. The topological polar surface area (TPSA) is 64.4 Å². The smallest absolute Gasteiger partial charge is 0.262 e. The predicted octanol–water partition coefficient (Wildman–Crippen LogP) is 4.68. The van der Waals surface area contributed by atoms with E-state index in [1.165, 1.54) is 11.8 Å². The highest BCUT2D eigenvalue weighted by Crippen LogP contribution is 2.37. The number of halogens is 1. The van der Waals surface area contributed by atoms with Gasteiger partial charge in [0.15, 0.2) is 5.16 Å². The molecule has 6 nitrogen and oxygen atoms in total. The van der Waals surface area contributed by atoms with E-state index in [1.54, 1.807) is 22.8 Å². The Morgan fingerprint density at radius 2 is 1.94 bits per heavy atom. The van der Waals surface area contributed by atoms with Crippen LogP contribution in [0.3, 0.4) is 0 Å². The van der Waals surface area contributed by atoms with E-state index in [-0.39, 0.29) is 17.6 Å². The Morgan fingerprint density at radius 1 is 1.15 bits per heavy atom. The van der Waals surface area contributed by atoms with E-state index < -0.39 is 5.25 Å². The molecule has 0 N–H and O–H groups in total. The van der Waals surface area contributed by atoms with Crippen LogP contribution in [0.15, 0.2) is 58.5 Å². The lowest BCUT2D eigenvalue weighted by molar-refractivity contribution is -0.129. The molecule has 0 aliphatic carbocycles. The van der Waals surface area contributed by atoms with Crippen LogP contribution in [0.1, 0.15) is 36.5 Å². The number of likely N-dealkylation sites (tertiary alicyclic amines) is 1. The van der Waals surface area contributed by atoms with Crippen molar-refractivity contribution in [2.75, 3.05) is 19.7 Å². The fourth-order valence-electron chi connectivity index (χ4n) is 4.51. The second-order valence-corrected chi connectivity index (χ2v) is 10.1. The molecule has 3 heterocycles. The molecule has 2 saturated heterocycles. The van der Waals surface area contributed by atoms with Crippen LogP contribution < -0.4 is 5.56 Å². The van der Waals surface area contributed by atoms with Crippen LogP contribution in [-0.2, 0) is 16.1 Å². The highest BCUT2D eigenvalue weighted by atomic mass is 35.5. The fraction of sp³-hybridized carbons (Fsp3) is 0.400. The number of aromatic nitrogens is 2. The lowest BCUT2D eigenvalue weighted by Gasteiger charge is -2.24. The number of hydrogen-bond donors (Lipinski definition) is 0. The number of hydrogen-bond acceptors (Lipinski definition) is 5. The summed E-state index contributed by atoms with van der Waals surface area (Å²) >= 11 is 7.55. The molecule has 2 aliphatic rings. The van der Waals surface area contributed by atoms with Gasteiger partial charge >= 0.3 is 0 Å². The van der Waals surface area contributed by atoms with Crippen LogP contribution in [0.25, 0.3) is 10.9 Å². The van der Waals surface area contributed by atoms with Gasteiger partial charge in [0.25, 0.3) is 5.56 Å². The number of benzene rings is 2. The fourth-order valence-corrected chi connectivity index (χ4v) is 5.87. The number of amides is 1. The number of carbonyl (C=O) groups is 1. The van der Waals surface area contributed by atoms with E-state index in [0.29, 0.717) is 34.2 Å². The van der Waals surface area contributed by atoms with Crippen LogP contribution >= 0.6 is 23.4 Å². The lowest BCUT2D eigenvalue weighted by Crippen LogP contribution is -2.33. The van der Waals surface area contributed by atoms with E-state index in [2.05, 4.69) is 0 Å². The third-order valence-corrected chi connectivity index (χ3v) is 7.73. The van der Waals surface area contributed by atoms with Gasteiger partial charge in [-0.3, -0.25) is 14.2 Å². The Morgan fingerprint density at radius 3 is 2.67 bits per heavy atom. The predicted molar refractivity (Wildman–Crippen MR) is 131 cm³/mol. The van der Waals surface area contributed by atoms with Crippen LogP contribution in [0.2, 0.25) is 5.02 Å². The summed E-state index contributed by atoms with van der Waals surface area (Å²) in [5, 5.41) is 1.08. The first-order valence-electron chi connectivity index (χ1n) is 11.4. The van der Waals surface area contributed by atoms with Crippen molar-refractivity contribution in [2.24, 2.45) is 0 Å². The Bertz CT molecular complexity index is 1200. The average molecular weight is 484 g/mol. The molecule has 2 atom stereocenters. The molecule has 0 saturated carbocycles. The standard InChI is InChI=1S/C25H26ClN3O3S/c26-18-10-11-20-21(15-18)27-25(29(23(20)30)16-19-9-6-14-32-19)33-22(17-7-2-1-3-8-17)24(31)28-12-4-5-13-28/h1-3,7-8,10-11,15,19,22H,4-6,9,12-14,16H2/t19-,22-/m0/s1.